The molecule has 1 aliphatic rings. The van der Waals surface area contributed by atoms with E-state index < -0.39 is 0 Å². The Morgan fingerprint density at radius 2 is 1.97 bits per heavy atom. The van der Waals surface area contributed by atoms with Crippen molar-refractivity contribution in [2.45, 2.75) is 36.8 Å². The lowest BCUT2D eigenvalue weighted by atomic mass is 9.38. The summed E-state index contributed by atoms with van der Waals surface area (Å²) in [5, 5.41) is 3.21. The molecule has 1 saturated heterocycles. The molecule has 2 atom stereocenters. The monoisotopic (exact) mass is 441 g/mol. The molecular formula is C23H27B3FN5O. The van der Waals surface area contributed by atoms with E-state index in [9.17, 15) is 9.18 Å². The Morgan fingerprint density at radius 3 is 2.64 bits per heavy atom. The zero-order valence-electron chi connectivity index (χ0n) is 19.5. The lowest BCUT2D eigenvalue weighted by Gasteiger charge is -2.45. The molecule has 1 aromatic carbocycles. The average molecular weight is 441 g/mol. The Bertz CT molecular complexity index is 1140. The summed E-state index contributed by atoms with van der Waals surface area (Å²) in [4.78, 5) is 28.3. The number of nitrogens with zero attached hydrogens (tertiary/aromatic N) is 4. The normalized spacial score (nSPS) is 18.7. The molecule has 0 spiro atoms. The van der Waals surface area contributed by atoms with E-state index in [1.807, 2.05) is 23.1 Å². The largest absolute Gasteiger partial charge is 0.341 e. The van der Waals surface area contributed by atoms with Crippen LogP contribution < -0.4 is 5.32 Å². The number of nitrogens with one attached hydrogen (secondary N) is 1. The second-order valence-corrected chi connectivity index (χ2v) is 9.70. The van der Waals surface area contributed by atoms with E-state index in [0.717, 1.165) is 24.1 Å². The zero-order valence-corrected chi connectivity index (χ0v) is 19.5. The van der Waals surface area contributed by atoms with Crippen LogP contribution in [0.3, 0.4) is 0 Å². The van der Waals surface area contributed by atoms with Crippen LogP contribution in [0.25, 0.3) is 11.3 Å². The Kier molecular flexibility index (Phi) is 6.54. The van der Waals surface area contributed by atoms with Gasteiger partial charge in [-0.2, -0.15) is 0 Å². The summed E-state index contributed by atoms with van der Waals surface area (Å²) in [6, 6.07) is 12.1. The summed E-state index contributed by atoms with van der Waals surface area (Å²) >= 11 is 0. The number of likely N-dealkylation sites (tertiary alicyclic amines) is 1. The van der Waals surface area contributed by atoms with Crippen LogP contribution in [0, 0.1) is 5.82 Å². The summed E-state index contributed by atoms with van der Waals surface area (Å²) in [7, 11) is 6.53. The summed E-state index contributed by atoms with van der Waals surface area (Å²) < 4.78 is 13.7. The SMILES string of the molecule is BC(B)(B)[C@H]1CC[C@@H](c2nc(Nc3cccc(F)c3)cc(-c3cccnc3)n2)CN1C(C)=O. The van der Waals surface area contributed by atoms with Crippen molar-refractivity contribution in [3.63, 3.8) is 0 Å². The lowest BCUT2D eigenvalue weighted by molar-refractivity contribution is -0.132. The standard InChI is InChI=1S/C23H27B3FN5O/c1-14(33)32-13-16(7-8-20(32)23(24,25)26)22-30-19(15-4-3-9-28-12-15)11-21(31-22)29-18-6-2-5-17(27)10-18/h2-6,9-12,16,20H,7-8,13,24-26H2,1H3,(H,29,30,31)/t16-,20-/m1/s1. The van der Waals surface area contributed by atoms with Crippen molar-refractivity contribution in [1.82, 2.24) is 19.9 Å². The second kappa shape index (κ2) is 9.37. The Hall–Kier alpha value is -3.16. The molecule has 1 N–H and O–H groups in total. The van der Waals surface area contributed by atoms with Gasteiger partial charge in [0.05, 0.1) is 29.2 Å². The maximum Gasteiger partial charge on any atom is 0.219 e. The van der Waals surface area contributed by atoms with Crippen LogP contribution in [0.4, 0.5) is 15.9 Å². The van der Waals surface area contributed by atoms with Gasteiger partial charge in [0.2, 0.25) is 5.91 Å². The topological polar surface area (TPSA) is 71.0 Å². The zero-order chi connectivity index (χ0) is 23.6. The van der Waals surface area contributed by atoms with Gasteiger partial charge in [-0.1, -0.05) is 11.2 Å². The van der Waals surface area contributed by atoms with Gasteiger partial charge in [-0.3, -0.25) is 9.78 Å². The van der Waals surface area contributed by atoms with Crippen LogP contribution in [0.15, 0.2) is 54.9 Å². The number of carbonyl (C=O) groups excluding carboxylic acids is 1. The number of halogens is 1. The molecule has 1 amide bonds. The molecule has 6 nitrogen and oxygen atoms in total. The summed E-state index contributed by atoms with van der Waals surface area (Å²) in [6.45, 7) is 2.21. The third-order valence-corrected chi connectivity index (χ3v) is 6.15. The van der Waals surface area contributed by atoms with Gasteiger partial charge >= 0.3 is 0 Å². The van der Waals surface area contributed by atoms with E-state index in [2.05, 4.69) is 33.8 Å². The minimum Gasteiger partial charge on any atom is -0.341 e. The highest BCUT2D eigenvalue weighted by atomic mass is 19.1. The van der Waals surface area contributed by atoms with Gasteiger partial charge in [-0.25, -0.2) is 14.4 Å². The van der Waals surface area contributed by atoms with Crippen molar-refractivity contribution < 1.29 is 9.18 Å². The second-order valence-electron chi connectivity index (χ2n) is 9.70. The molecule has 4 rings (SSSR count). The molecule has 0 radical (unpaired) electrons. The molecule has 3 heterocycles. The fourth-order valence-electron chi connectivity index (χ4n) is 4.52. The predicted molar refractivity (Wildman–Crippen MR) is 136 cm³/mol. The van der Waals surface area contributed by atoms with E-state index in [4.69, 9.17) is 9.97 Å². The Labute approximate surface area is 196 Å². The highest BCUT2D eigenvalue weighted by Gasteiger charge is 2.38. The number of piperidine rings is 1. The molecule has 2 aromatic heterocycles. The van der Waals surface area contributed by atoms with Crippen LogP contribution in [0.1, 0.15) is 31.5 Å². The molecule has 0 saturated carbocycles. The van der Waals surface area contributed by atoms with E-state index in [-0.39, 0.29) is 28.8 Å². The van der Waals surface area contributed by atoms with Crippen molar-refractivity contribution >= 4 is 41.0 Å². The molecule has 0 bridgehead atoms. The van der Waals surface area contributed by atoms with Gasteiger partial charge in [0, 0.05) is 55.1 Å². The van der Waals surface area contributed by atoms with Gasteiger partial charge in [0.25, 0.3) is 0 Å². The predicted octanol–water partition coefficient (Wildman–Crippen LogP) is 1.49. The quantitative estimate of drug-likeness (QED) is 0.609. The van der Waals surface area contributed by atoms with Gasteiger partial charge in [0.1, 0.15) is 17.5 Å². The smallest absolute Gasteiger partial charge is 0.219 e. The minimum absolute atomic E-state index is 0.000842. The van der Waals surface area contributed by atoms with Crippen molar-refractivity contribution in [2.24, 2.45) is 0 Å². The highest BCUT2D eigenvalue weighted by Crippen LogP contribution is 2.37. The molecule has 33 heavy (non-hydrogen) atoms. The summed E-state index contributed by atoms with van der Waals surface area (Å²) in [5.74, 6) is 1.02. The highest BCUT2D eigenvalue weighted by molar-refractivity contribution is 6.59. The lowest BCUT2D eigenvalue weighted by Crippen LogP contribution is -2.52. The molecule has 1 fully saturated rings. The number of anilines is 2. The van der Waals surface area contributed by atoms with Crippen LogP contribution in [0.5, 0.6) is 0 Å². The number of pyridine rings is 1. The van der Waals surface area contributed by atoms with E-state index in [1.54, 1.807) is 31.5 Å². The number of aromatic nitrogens is 3. The summed E-state index contributed by atoms with van der Waals surface area (Å²) in [6.07, 6.45) is 5.26. The molecular weight excluding hydrogens is 414 g/mol. The number of amides is 1. The number of benzene rings is 1. The van der Waals surface area contributed by atoms with Crippen molar-refractivity contribution in [3.05, 3.63) is 66.5 Å². The van der Waals surface area contributed by atoms with Crippen LogP contribution in [-0.2, 0) is 4.79 Å². The number of hydrogen-bond donors (Lipinski definition) is 1. The van der Waals surface area contributed by atoms with E-state index in [1.165, 1.54) is 12.1 Å². The molecule has 0 aliphatic carbocycles. The first-order valence-corrected chi connectivity index (χ1v) is 11.3. The van der Waals surface area contributed by atoms with E-state index >= 15 is 0 Å². The van der Waals surface area contributed by atoms with Gasteiger partial charge in [0.15, 0.2) is 0 Å². The maximum atomic E-state index is 13.7. The third-order valence-electron chi connectivity index (χ3n) is 6.15. The van der Waals surface area contributed by atoms with Crippen LogP contribution >= 0.6 is 0 Å². The van der Waals surface area contributed by atoms with E-state index in [0.29, 0.717) is 23.9 Å². The molecule has 3 aromatic rings. The fourth-order valence-corrected chi connectivity index (χ4v) is 4.52. The Balaban J connectivity index is 1.70. The molecule has 1 aliphatic heterocycles. The fraction of sp³-hybridized carbons (Fsp3) is 0.304. The number of rotatable bonds is 5. The van der Waals surface area contributed by atoms with Gasteiger partial charge in [-0.15, -0.1) is 0 Å². The summed E-state index contributed by atoms with van der Waals surface area (Å²) in [5.41, 5.74) is 2.22. The van der Waals surface area contributed by atoms with Gasteiger partial charge < -0.3 is 10.2 Å². The molecule has 10 heteroatoms. The number of carbonyl (C=O) groups is 1. The number of hydrogen-bond acceptors (Lipinski definition) is 5. The first-order valence-electron chi connectivity index (χ1n) is 11.3. The Morgan fingerprint density at radius 1 is 1.15 bits per heavy atom. The molecule has 0 unspecified atom stereocenters. The third kappa shape index (κ3) is 5.43. The van der Waals surface area contributed by atoms with Crippen molar-refractivity contribution in [2.75, 3.05) is 11.9 Å². The first-order chi connectivity index (χ1) is 15.7. The first kappa shape index (κ1) is 23.0. The minimum atomic E-state index is -0.320. The average Bonchev–Trinajstić information content (AvgIpc) is 2.78. The van der Waals surface area contributed by atoms with Crippen LogP contribution in [0.2, 0.25) is 5.11 Å². The van der Waals surface area contributed by atoms with Gasteiger partial charge in [-0.05, 0) is 43.2 Å². The maximum absolute atomic E-state index is 13.7. The van der Waals surface area contributed by atoms with Crippen molar-refractivity contribution in [3.8, 4) is 11.3 Å². The van der Waals surface area contributed by atoms with Crippen molar-refractivity contribution in [1.29, 1.82) is 0 Å². The molecule has 166 valence electrons. The van der Waals surface area contributed by atoms with Crippen LogP contribution in [-0.4, -0.2) is 61.9 Å².